The van der Waals surface area contributed by atoms with Gasteiger partial charge < -0.3 is 0 Å². The van der Waals surface area contributed by atoms with Crippen LogP contribution in [-0.4, -0.2) is 0 Å². The molecule has 0 amide bonds. The van der Waals surface area contributed by atoms with Crippen molar-refractivity contribution < 1.29 is 0 Å². The minimum Gasteiger partial charge on any atom is -0.0848 e. The molecule has 0 aliphatic carbocycles. The maximum atomic E-state index is 2.19. The second kappa shape index (κ2) is 6.61. The molecule has 2 aromatic carbocycles. The van der Waals surface area contributed by atoms with Gasteiger partial charge >= 0.3 is 0 Å². The molecule has 0 aliphatic rings. The summed E-state index contributed by atoms with van der Waals surface area (Å²) in [6, 6.07) is 21.0. The summed E-state index contributed by atoms with van der Waals surface area (Å²) in [5.74, 6) is 0. The zero-order valence-electron chi connectivity index (χ0n) is 10.7. The topological polar surface area (TPSA) is 0 Å². The Labute approximate surface area is 109 Å². The molecule has 90 valence electrons. The van der Waals surface area contributed by atoms with Crippen molar-refractivity contribution >= 4 is 5.57 Å². The number of hydrogen-bond donors (Lipinski definition) is 0. The van der Waals surface area contributed by atoms with Crippen LogP contribution in [0.15, 0.2) is 78.9 Å². The minimum absolute atomic E-state index is 1.06. The van der Waals surface area contributed by atoms with E-state index in [1.807, 2.05) is 12.1 Å². The van der Waals surface area contributed by atoms with Crippen molar-refractivity contribution in [3.8, 4) is 0 Å². The van der Waals surface area contributed by atoms with E-state index in [0.717, 1.165) is 6.42 Å². The standard InChI is InChI=1S/C18H18/c1-2-3-6-15-18(16-11-7-4-8-12-16)17-13-9-5-10-14-17/h3-15H,2H2,1H3. The lowest BCUT2D eigenvalue weighted by Gasteiger charge is -2.07. The highest BCUT2D eigenvalue weighted by Gasteiger charge is 2.02. The van der Waals surface area contributed by atoms with Crippen LogP contribution in [0.5, 0.6) is 0 Å². The predicted octanol–water partition coefficient (Wildman–Crippen LogP) is 5.08. The summed E-state index contributed by atoms with van der Waals surface area (Å²) in [6.07, 6.45) is 7.56. The van der Waals surface area contributed by atoms with Gasteiger partial charge in [-0.05, 0) is 23.1 Å². The zero-order valence-corrected chi connectivity index (χ0v) is 10.7. The molecule has 0 fully saturated rings. The summed E-state index contributed by atoms with van der Waals surface area (Å²) in [4.78, 5) is 0. The zero-order chi connectivity index (χ0) is 12.6. The maximum absolute atomic E-state index is 2.19. The van der Waals surface area contributed by atoms with Crippen LogP contribution in [0.3, 0.4) is 0 Å². The van der Waals surface area contributed by atoms with Crippen LogP contribution in [0.1, 0.15) is 24.5 Å². The van der Waals surface area contributed by atoms with Gasteiger partial charge in [-0.25, -0.2) is 0 Å². The fourth-order valence-electron chi connectivity index (χ4n) is 1.89. The van der Waals surface area contributed by atoms with E-state index in [4.69, 9.17) is 0 Å². The van der Waals surface area contributed by atoms with Crippen LogP contribution in [0.4, 0.5) is 0 Å². The molecule has 0 spiro atoms. The molecule has 0 radical (unpaired) electrons. The van der Waals surface area contributed by atoms with Crippen molar-refractivity contribution in [2.75, 3.05) is 0 Å². The van der Waals surface area contributed by atoms with Crippen molar-refractivity contribution in [1.29, 1.82) is 0 Å². The van der Waals surface area contributed by atoms with Crippen LogP contribution >= 0.6 is 0 Å². The van der Waals surface area contributed by atoms with Crippen molar-refractivity contribution in [2.45, 2.75) is 13.3 Å². The third-order valence-electron chi connectivity index (χ3n) is 2.80. The lowest BCUT2D eigenvalue weighted by atomic mass is 9.97. The molecule has 2 rings (SSSR count). The summed E-state index contributed by atoms with van der Waals surface area (Å²) in [5.41, 5.74) is 3.77. The molecule has 0 unspecified atom stereocenters. The Bertz CT molecular complexity index is 477. The number of hydrogen-bond acceptors (Lipinski definition) is 0. The van der Waals surface area contributed by atoms with Gasteiger partial charge in [0.25, 0.3) is 0 Å². The third kappa shape index (κ3) is 3.21. The Morgan fingerprint density at radius 3 is 1.78 bits per heavy atom. The lowest BCUT2D eigenvalue weighted by molar-refractivity contribution is 1.22. The first-order chi connectivity index (χ1) is 8.92. The first-order valence-electron chi connectivity index (χ1n) is 6.39. The van der Waals surface area contributed by atoms with Crippen molar-refractivity contribution in [2.24, 2.45) is 0 Å². The van der Waals surface area contributed by atoms with Crippen LogP contribution < -0.4 is 0 Å². The van der Waals surface area contributed by atoms with E-state index in [9.17, 15) is 0 Å². The number of allylic oxidation sites excluding steroid dienone is 3. The number of rotatable bonds is 4. The van der Waals surface area contributed by atoms with Gasteiger partial charge in [-0.15, -0.1) is 0 Å². The van der Waals surface area contributed by atoms with Crippen LogP contribution in [0, 0.1) is 0 Å². The maximum Gasteiger partial charge on any atom is -0.0112 e. The SMILES string of the molecule is CCC=CC=C(c1ccccc1)c1ccccc1. The van der Waals surface area contributed by atoms with Gasteiger partial charge in [0.2, 0.25) is 0 Å². The van der Waals surface area contributed by atoms with Crippen molar-refractivity contribution in [3.05, 3.63) is 90.0 Å². The van der Waals surface area contributed by atoms with Gasteiger partial charge in [0, 0.05) is 0 Å². The average Bonchev–Trinajstić information content (AvgIpc) is 2.46. The van der Waals surface area contributed by atoms with E-state index in [1.165, 1.54) is 16.7 Å². The van der Waals surface area contributed by atoms with Gasteiger partial charge in [0.05, 0.1) is 0 Å². The van der Waals surface area contributed by atoms with E-state index < -0.39 is 0 Å². The molecule has 0 N–H and O–H groups in total. The van der Waals surface area contributed by atoms with E-state index >= 15 is 0 Å². The second-order valence-electron chi connectivity index (χ2n) is 4.15. The summed E-state index contributed by atoms with van der Waals surface area (Å²) in [5, 5.41) is 0. The Balaban J connectivity index is 2.42. The van der Waals surface area contributed by atoms with Crippen molar-refractivity contribution in [1.82, 2.24) is 0 Å². The van der Waals surface area contributed by atoms with Gasteiger partial charge in [-0.1, -0.05) is 85.8 Å². The van der Waals surface area contributed by atoms with Gasteiger partial charge in [0.15, 0.2) is 0 Å². The second-order valence-corrected chi connectivity index (χ2v) is 4.15. The van der Waals surface area contributed by atoms with E-state index in [1.54, 1.807) is 0 Å². The minimum atomic E-state index is 1.06. The van der Waals surface area contributed by atoms with E-state index in [-0.39, 0.29) is 0 Å². The molecule has 2 aromatic rings. The molecule has 0 bridgehead atoms. The molecule has 0 heteroatoms. The molecule has 18 heavy (non-hydrogen) atoms. The quantitative estimate of drug-likeness (QED) is 0.647. The summed E-state index contributed by atoms with van der Waals surface area (Å²) >= 11 is 0. The highest BCUT2D eigenvalue weighted by Crippen LogP contribution is 2.23. The molecule has 0 nitrogen and oxygen atoms in total. The molecular formula is C18H18. The van der Waals surface area contributed by atoms with E-state index in [0.29, 0.717) is 0 Å². The Kier molecular flexibility index (Phi) is 4.54. The fraction of sp³-hybridized carbons (Fsp3) is 0.111. The first-order valence-corrected chi connectivity index (χ1v) is 6.39. The molecule has 0 aromatic heterocycles. The third-order valence-corrected chi connectivity index (χ3v) is 2.80. The molecule has 0 atom stereocenters. The highest BCUT2D eigenvalue weighted by molar-refractivity contribution is 5.80. The number of benzene rings is 2. The molecule has 0 heterocycles. The van der Waals surface area contributed by atoms with Crippen LogP contribution in [0.2, 0.25) is 0 Å². The predicted molar refractivity (Wildman–Crippen MR) is 79.4 cm³/mol. The summed E-state index contributed by atoms with van der Waals surface area (Å²) in [7, 11) is 0. The monoisotopic (exact) mass is 234 g/mol. The molecule has 0 aliphatic heterocycles. The van der Waals surface area contributed by atoms with Gasteiger partial charge in [-0.3, -0.25) is 0 Å². The Morgan fingerprint density at radius 2 is 1.33 bits per heavy atom. The Hall–Kier alpha value is -2.08. The molecular weight excluding hydrogens is 216 g/mol. The lowest BCUT2D eigenvalue weighted by Crippen LogP contribution is -1.86. The highest BCUT2D eigenvalue weighted by atomic mass is 14.1. The first kappa shape index (κ1) is 12.4. The smallest absolute Gasteiger partial charge is 0.0112 e. The summed E-state index contributed by atoms with van der Waals surface area (Å²) < 4.78 is 0. The van der Waals surface area contributed by atoms with E-state index in [2.05, 4.69) is 73.7 Å². The summed E-state index contributed by atoms with van der Waals surface area (Å²) in [6.45, 7) is 2.15. The molecule has 0 saturated carbocycles. The fourth-order valence-corrected chi connectivity index (χ4v) is 1.89. The van der Waals surface area contributed by atoms with Crippen LogP contribution in [0.25, 0.3) is 5.57 Å². The average molecular weight is 234 g/mol. The van der Waals surface area contributed by atoms with Crippen molar-refractivity contribution in [3.63, 3.8) is 0 Å². The van der Waals surface area contributed by atoms with Gasteiger partial charge in [0.1, 0.15) is 0 Å². The molecule has 0 saturated heterocycles. The van der Waals surface area contributed by atoms with Crippen LogP contribution in [-0.2, 0) is 0 Å². The Morgan fingerprint density at radius 1 is 0.833 bits per heavy atom. The normalized spacial score (nSPS) is 10.5. The largest absolute Gasteiger partial charge is 0.0848 e. The van der Waals surface area contributed by atoms with Gasteiger partial charge in [-0.2, -0.15) is 0 Å².